The van der Waals surface area contributed by atoms with Gasteiger partial charge in [0.05, 0.1) is 5.39 Å². The average Bonchev–Trinajstić information content (AvgIpc) is 2.82. The minimum absolute atomic E-state index is 0.0408. The van der Waals surface area contributed by atoms with Crippen molar-refractivity contribution in [3.8, 4) is 0 Å². The first-order chi connectivity index (χ1) is 16.8. The molecule has 3 aromatic rings. The number of hydrogen-bond donors (Lipinski definition) is 0. The van der Waals surface area contributed by atoms with Crippen LogP contribution in [0.3, 0.4) is 0 Å². The topological polar surface area (TPSA) is 0 Å². The molecule has 0 unspecified atom stereocenters. The highest BCUT2D eigenvalue weighted by molar-refractivity contribution is 5.84. The average molecular weight is 493 g/mol. The zero-order valence-electron chi connectivity index (χ0n) is 19.9. The predicted octanol–water partition coefficient (Wildman–Crippen LogP) is 9.63. The highest BCUT2D eigenvalue weighted by atomic mass is 19.2. The summed E-state index contributed by atoms with van der Waals surface area (Å²) in [5.74, 6) is -6.97. The van der Waals surface area contributed by atoms with Gasteiger partial charge in [0, 0.05) is 5.56 Å². The molecule has 0 aliphatic heterocycles. The summed E-state index contributed by atoms with van der Waals surface area (Å²) in [7, 11) is 0. The standard InChI is InChI=1S/C29H30F6/c1-2-3-4-5-6-7-17-12-22(30)26(23(31)13-17)19-10-8-18(9-11-19)20-14-21-16-25(33)28(34)29(35)27(21)24(32)15-20/h12-16,18-19H,2-11H2,1H3. The van der Waals surface area contributed by atoms with Gasteiger partial charge in [-0.2, -0.15) is 0 Å². The summed E-state index contributed by atoms with van der Waals surface area (Å²) < 4.78 is 85.6. The van der Waals surface area contributed by atoms with Gasteiger partial charge in [0.15, 0.2) is 17.5 Å². The Balaban J connectivity index is 1.45. The van der Waals surface area contributed by atoms with Gasteiger partial charge in [0.25, 0.3) is 0 Å². The second-order valence-corrected chi connectivity index (χ2v) is 9.77. The number of hydrogen-bond acceptors (Lipinski definition) is 0. The first kappa shape index (κ1) is 25.6. The van der Waals surface area contributed by atoms with Crippen molar-refractivity contribution in [1.29, 1.82) is 0 Å². The lowest BCUT2D eigenvalue weighted by Gasteiger charge is -2.30. The maximum absolute atomic E-state index is 14.9. The van der Waals surface area contributed by atoms with E-state index in [1.807, 2.05) is 0 Å². The molecule has 1 fully saturated rings. The van der Waals surface area contributed by atoms with Crippen LogP contribution in [0.1, 0.15) is 93.2 Å². The van der Waals surface area contributed by atoms with Crippen LogP contribution in [-0.2, 0) is 6.42 Å². The van der Waals surface area contributed by atoms with E-state index >= 15 is 0 Å². The first-order valence-electron chi connectivity index (χ1n) is 12.5. The molecule has 3 aromatic carbocycles. The Bertz CT molecular complexity index is 1170. The van der Waals surface area contributed by atoms with E-state index in [-0.39, 0.29) is 22.8 Å². The summed E-state index contributed by atoms with van der Waals surface area (Å²) in [6.45, 7) is 2.14. The van der Waals surface area contributed by atoms with Gasteiger partial charge < -0.3 is 0 Å². The highest BCUT2D eigenvalue weighted by Crippen LogP contribution is 2.43. The Kier molecular flexibility index (Phi) is 8.08. The third-order valence-corrected chi connectivity index (χ3v) is 7.36. The quantitative estimate of drug-likeness (QED) is 0.167. The number of rotatable bonds is 8. The van der Waals surface area contributed by atoms with Crippen LogP contribution in [0.25, 0.3) is 10.8 Å². The van der Waals surface area contributed by atoms with Crippen molar-refractivity contribution in [3.63, 3.8) is 0 Å². The van der Waals surface area contributed by atoms with Gasteiger partial charge >= 0.3 is 0 Å². The van der Waals surface area contributed by atoms with Gasteiger partial charge in [-0.3, -0.25) is 0 Å². The van der Waals surface area contributed by atoms with Crippen LogP contribution >= 0.6 is 0 Å². The molecule has 0 nitrogen and oxygen atoms in total. The van der Waals surface area contributed by atoms with Gasteiger partial charge in [0.2, 0.25) is 0 Å². The van der Waals surface area contributed by atoms with Crippen LogP contribution in [-0.4, -0.2) is 0 Å². The molecule has 6 heteroatoms. The molecule has 0 atom stereocenters. The van der Waals surface area contributed by atoms with Gasteiger partial charge in [-0.15, -0.1) is 0 Å². The van der Waals surface area contributed by atoms with E-state index in [0.29, 0.717) is 43.2 Å². The number of unbranched alkanes of at least 4 members (excludes halogenated alkanes) is 4. The van der Waals surface area contributed by atoms with Gasteiger partial charge in [-0.25, -0.2) is 26.3 Å². The number of fused-ring (bicyclic) bond motifs is 1. The second kappa shape index (κ2) is 11.0. The Morgan fingerprint density at radius 3 is 1.91 bits per heavy atom. The Morgan fingerprint density at radius 2 is 1.26 bits per heavy atom. The summed E-state index contributed by atoms with van der Waals surface area (Å²) in [5, 5.41) is -0.614. The Morgan fingerprint density at radius 1 is 0.629 bits per heavy atom. The van der Waals surface area contributed by atoms with Gasteiger partial charge in [0.1, 0.15) is 17.5 Å². The third-order valence-electron chi connectivity index (χ3n) is 7.36. The van der Waals surface area contributed by atoms with Crippen molar-refractivity contribution in [1.82, 2.24) is 0 Å². The van der Waals surface area contributed by atoms with Crippen molar-refractivity contribution >= 4 is 10.8 Å². The fourth-order valence-corrected chi connectivity index (χ4v) is 5.46. The lowest BCUT2D eigenvalue weighted by atomic mass is 9.75. The summed E-state index contributed by atoms with van der Waals surface area (Å²) in [5.41, 5.74) is 1.34. The van der Waals surface area contributed by atoms with Crippen molar-refractivity contribution < 1.29 is 26.3 Å². The molecule has 0 heterocycles. The van der Waals surface area contributed by atoms with E-state index in [1.54, 1.807) is 0 Å². The van der Waals surface area contributed by atoms with Crippen LogP contribution in [0.2, 0.25) is 0 Å². The number of halogens is 6. The van der Waals surface area contributed by atoms with Crippen LogP contribution in [0.15, 0.2) is 30.3 Å². The number of benzene rings is 3. The van der Waals surface area contributed by atoms with E-state index < -0.39 is 40.3 Å². The molecule has 4 rings (SSSR count). The summed E-state index contributed by atoms with van der Waals surface area (Å²) in [4.78, 5) is 0. The minimum Gasteiger partial charge on any atom is -0.207 e. The SMILES string of the molecule is CCCCCCCc1cc(F)c(C2CCC(c3cc(F)c4c(F)c(F)c(F)cc4c3)CC2)c(F)c1. The molecule has 188 valence electrons. The van der Waals surface area contributed by atoms with E-state index in [1.165, 1.54) is 24.6 Å². The molecular weight excluding hydrogens is 462 g/mol. The zero-order chi connectivity index (χ0) is 25.1. The fourth-order valence-electron chi connectivity index (χ4n) is 5.46. The lowest BCUT2D eigenvalue weighted by molar-refractivity contribution is 0.376. The normalized spacial score (nSPS) is 18.4. The first-order valence-corrected chi connectivity index (χ1v) is 12.5. The maximum Gasteiger partial charge on any atom is 0.195 e. The van der Waals surface area contributed by atoms with Crippen LogP contribution in [0.5, 0.6) is 0 Å². The molecule has 0 bridgehead atoms. The molecular formula is C29H30F6. The minimum atomic E-state index is -1.70. The maximum atomic E-state index is 14.9. The summed E-state index contributed by atoms with van der Waals surface area (Å²) in [6, 6.07) is 6.33. The van der Waals surface area contributed by atoms with E-state index in [2.05, 4.69) is 6.92 Å². The molecule has 35 heavy (non-hydrogen) atoms. The van der Waals surface area contributed by atoms with E-state index in [0.717, 1.165) is 37.8 Å². The largest absolute Gasteiger partial charge is 0.207 e. The van der Waals surface area contributed by atoms with E-state index in [4.69, 9.17) is 0 Å². The predicted molar refractivity (Wildman–Crippen MR) is 127 cm³/mol. The van der Waals surface area contributed by atoms with Gasteiger partial charge in [-0.1, -0.05) is 38.7 Å². The van der Waals surface area contributed by atoms with Gasteiger partial charge in [-0.05, 0) is 91.1 Å². The molecule has 0 spiro atoms. The molecule has 1 aliphatic rings. The van der Waals surface area contributed by atoms with Crippen LogP contribution in [0.4, 0.5) is 26.3 Å². The fraction of sp³-hybridized carbons (Fsp3) is 0.448. The van der Waals surface area contributed by atoms with Crippen LogP contribution in [0, 0.1) is 34.9 Å². The molecule has 0 saturated heterocycles. The zero-order valence-corrected chi connectivity index (χ0v) is 19.9. The third kappa shape index (κ3) is 5.52. The highest BCUT2D eigenvalue weighted by Gasteiger charge is 2.29. The monoisotopic (exact) mass is 492 g/mol. The van der Waals surface area contributed by atoms with Crippen molar-refractivity contribution in [3.05, 3.63) is 81.9 Å². The smallest absolute Gasteiger partial charge is 0.195 e. The summed E-state index contributed by atoms with van der Waals surface area (Å²) >= 11 is 0. The van der Waals surface area contributed by atoms with Crippen molar-refractivity contribution in [2.45, 2.75) is 83.0 Å². The molecule has 1 aliphatic carbocycles. The summed E-state index contributed by atoms with van der Waals surface area (Å²) in [6.07, 6.45) is 8.20. The molecule has 0 aromatic heterocycles. The van der Waals surface area contributed by atoms with E-state index in [9.17, 15) is 26.3 Å². The molecule has 1 saturated carbocycles. The van der Waals surface area contributed by atoms with Crippen molar-refractivity contribution in [2.24, 2.45) is 0 Å². The molecule has 0 amide bonds. The number of aryl methyl sites for hydroxylation is 1. The Hall–Kier alpha value is -2.50. The van der Waals surface area contributed by atoms with Crippen molar-refractivity contribution in [2.75, 3.05) is 0 Å². The lowest BCUT2D eigenvalue weighted by Crippen LogP contribution is -2.15. The molecule has 0 N–H and O–H groups in total. The van der Waals surface area contributed by atoms with Crippen LogP contribution < -0.4 is 0 Å². The molecule has 0 radical (unpaired) electrons. The second-order valence-electron chi connectivity index (χ2n) is 9.77. The Labute approximate surface area is 202 Å².